The van der Waals surface area contributed by atoms with Crippen molar-refractivity contribution in [1.82, 2.24) is 0 Å². The van der Waals surface area contributed by atoms with Crippen LogP contribution < -0.4 is 0 Å². The van der Waals surface area contributed by atoms with Crippen LogP contribution in [0.25, 0.3) is 0 Å². The Bertz CT molecular complexity index is 159. The molecule has 2 saturated carbocycles. The molecule has 2 fully saturated rings. The number of alkyl halides is 1. The Morgan fingerprint density at radius 1 is 1.60 bits per heavy atom. The topological polar surface area (TPSA) is 20.2 Å². The first-order valence-corrected chi connectivity index (χ1v) is 4.40. The first kappa shape index (κ1) is 6.93. The molecule has 2 bridgehead atoms. The summed E-state index contributed by atoms with van der Waals surface area (Å²) in [6, 6.07) is 0. The van der Waals surface area contributed by atoms with E-state index in [2.05, 4.69) is 6.92 Å². The van der Waals surface area contributed by atoms with E-state index in [0.717, 1.165) is 12.8 Å². The van der Waals surface area contributed by atoms with Crippen molar-refractivity contribution < 1.29 is 5.11 Å². The van der Waals surface area contributed by atoms with Crippen molar-refractivity contribution in [2.75, 3.05) is 0 Å². The Kier molecular flexibility index (Phi) is 1.31. The normalized spacial score (nSPS) is 59.7. The molecule has 0 spiro atoms. The van der Waals surface area contributed by atoms with E-state index in [1.54, 1.807) is 0 Å². The van der Waals surface area contributed by atoms with Gasteiger partial charge < -0.3 is 5.11 Å². The molecule has 2 aliphatic carbocycles. The number of halogens is 1. The summed E-state index contributed by atoms with van der Waals surface area (Å²) in [6.45, 7) is 2.11. The van der Waals surface area contributed by atoms with Gasteiger partial charge in [0.05, 0.1) is 6.10 Å². The van der Waals surface area contributed by atoms with Crippen molar-refractivity contribution in [2.24, 2.45) is 11.3 Å². The van der Waals surface area contributed by atoms with Crippen LogP contribution in [0, 0.1) is 11.3 Å². The first-order chi connectivity index (χ1) is 4.64. The van der Waals surface area contributed by atoms with E-state index in [4.69, 9.17) is 11.6 Å². The number of hydrogen-bond acceptors (Lipinski definition) is 1. The fraction of sp³-hybridized carbons (Fsp3) is 1.00. The molecule has 1 N–H and O–H groups in total. The third kappa shape index (κ3) is 0.629. The summed E-state index contributed by atoms with van der Waals surface area (Å²) in [6.07, 6.45) is 3.15. The van der Waals surface area contributed by atoms with Crippen LogP contribution in [0.2, 0.25) is 0 Å². The lowest BCUT2D eigenvalue weighted by atomic mass is 9.84. The summed E-state index contributed by atoms with van der Waals surface area (Å²) >= 11 is 6.15. The second-order valence-electron chi connectivity index (χ2n) is 3.96. The Balaban J connectivity index is 2.29. The van der Waals surface area contributed by atoms with Gasteiger partial charge in [-0.15, -0.1) is 11.6 Å². The van der Waals surface area contributed by atoms with E-state index in [1.165, 1.54) is 6.42 Å². The zero-order valence-electron chi connectivity index (χ0n) is 6.18. The van der Waals surface area contributed by atoms with E-state index in [9.17, 15) is 5.11 Å². The first-order valence-electron chi connectivity index (χ1n) is 3.97. The second-order valence-corrected chi connectivity index (χ2v) is 4.43. The van der Waals surface area contributed by atoms with Crippen molar-refractivity contribution >= 4 is 11.6 Å². The van der Waals surface area contributed by atoms with E-state index < -0.39 is 0 Å². The van der Waals surface area contributed by atoms with Gasteiger partial charge >= 0.3 is 0 Å². The average molecular weight is 161 g/mol. The van der Waals surface area contributed by atoms with Crippen LogP contribution in [0.1, 0.15) is 26.2 Å². The third-order valence-electron chi connectivity index (χ3n) is 3.38. The van der Waals surface area contributed by atoms with Gasteiger partial charge in [-0.3, -0.25) is 0 Å². The van der Waals surface area contributed by atoms with Crippen LogP contribution in [0.4, 0.5) is 0 Å². The minimum atomic E-state index is -0.131. The second kappa shape index (κ2) is 1.89. The highest BCUT2D eigenvalue weighted by atomic mass is 35.5. The zero-order valence-corrected chi connectivity index (χ0v) is 6.93. The van der Waals surface area contributed by atoms with Crippen molar-refractivity contribution in [3.05, 3.63) is 0 Å². The van der Waals surface area contributed by atoms with E-state index in [0.29, 0.717) is 5.92 Å². The van der Waals surface area contributed by atoms with Gasteiger partial charge in [-0.1, -0.05) is 6.92 Å². The molecule has 0 radical (unpaired) electrons. The molecule has 0 aliphatic heterocycles. The van der Waals surface area contributed by atoms with Crippen molar-refractivity contribution in [1.29, 1.82) is 0 Å². The lowest BCUT2D eigenvalue weighted by Crippen LogP contribution is -2.30. The van der Waals surface area contributed by atoms with Crippen LogP contribution in [0.5, 0.6) is 0 Å². The summed E-state index contributed by atoms with van der Waals surface area (Å²) in [7, 11) is 0. The van der Waals surface area contributed by atoms with Gasteiger partial charge in [-0.05, 0) is 25.2 Å². The minimum Gasteiger partial charge on any atom is -0.392 e. The Morgan fingerprint density at radius 3 is 2.50 bits per heavy atom. The Hall–Kier alpha value is 0.250. The number of hydrogen-bond donors (Lipinski definition) is 1. The molecule has 2 aliphatic rings. The van der Waals surface area contributed by atoms with Crippen molar-refractivity contribution in [3.8, 4) is 0 Å². The van der Waals surface area contributed by atoms with E-state index in [1.807, 2.05) is 0 Å². The number of fused-ring (bicyclic) bond motifs is 2. The SMILES string of the molecule is CC12CCC(CC1O)C2Cl. The van der Waals surface area contributed by atoms with E-state index in [-0.39, 0.29) is 16.9 Å². The summed E-state index contributed by atoms with van der Waals surface area (Å²) in [4.78, 5) is 0. The molecule has 0 aromatic rings. The lowest BCUT2D eigenvalue weighted by molar-refractivity contribution is 0.0542. The van der Waals surface area contributed by atoms with Crippen LogP contribution in [-0.2, 0) is 0 Å². The zero-order chi connectivity index (χ0) is 7.35. The van der Waals surface area contributed by atoms with Gasteiger partial charge in [0.1, 0.15) is 0 Å². The van der Waals surface area contributed by atoms with Crippen molar-refractivity contribution in [2.45, 2.75) is 37.7 Å². The van der Waals surface area contributed by atoms with Crippen LogP contribution in [0.3, 0.4) is 0 Å². The minimum absolute atomic E-state index is 0.0478. The van der Waals surface area contributed by atoms with Crippen LogP contribution in [0.15, 0.2) is 0 Å². The average Bonchev–Trinajstić information content (AvgIpc) is 2.25. The molecule has 1 nitrogen and oxygen atoms in total. The third-order valence-corrected chi connectivity index (χ3v) is 4.24. The molecule has 10 heavy (non-hydrogen) atoms. The highest BCUT2D eigenvalue weighted by Crippen LogP contribution is 2.56. The smallest absolute Gasteiger partial charge is 0.0611 e. The summed E-state index contributed by atoms with van der Waals surface area (Å²) < 4.78 is 0. The van der Waals surface area contributed by atoms with Gasteiger partial charge in [0, 0.05) is 10.8 Å². The number of aliphatic hydroxyl groups excluding tert-OH is 1. The molecule has 2 heteroatoms. The standard InChI is InChI=1S/C8H13ClO/c1-8-3-2-5(7(8)9)4-6(8)10/h5-7,10H,2-4H2,1H3. The Labute approximate surface area is 66.4 Å². The van der Waals surface area contributed by atoms with Crippen LogP contribution >= 0.6 is 11.6 Å². The number of aliphatic hydroxyl groups is 1. The molecule has 0 saturated heterocycles. The fourth-order valence-electron chi connectivity index (χ4n) is 2.46. The van der Waals surface area contributed by atoms with Crippen molar-refractivity contribution in [3.63, 3.8) is 0 Å². The van der Waals surface area contributed by atoms with Gasteiger partial charge in [0.2, 0.25) is 0 Å². The maximum atomic E-state index is 9.56. The van der Waals surface area contributed by atoms with Gasteiger partial charge in [0.15, 0.2) is 0 Å². The highest BCUT2D eigenvalue weighted by molar-refractivity contribution is 6.21. The molecule has 0 aromatic carbocycles. The summed E-state index contributed by atoms with van der Waals surface area (Å²) in [5, 5.41) is 9.80. The predicted molar refractivity (Wildman–Crippen MR) is 41.1 cm³/mol. The fourth-order valence-corrected chi connectivity index (χ4v) is 2.95. The predicted octanol–water partition coefficient (Wildman–Crippen LogP) is 1.77. The molecule has 4 atom stereocenters. The number of rotatable bonds is 0. The largest absolute Gasteiger partial charge is 0.392 e. The van der Waals surface area contributed by atoms with Gasteiger partial charge in [-0.25, -0.2) is 0 Å². The molecule has 0 amide bonds. The van der Waals surface area contributed by atoms with E-state index >= 15 is 0 Å². The monoisotopic (exact) mass is 160 g/mol. The molecule has 58 valence electrons. The van der Waals surface area contributed by atoms with Gasteiger partial charge in [0.25, 0.3) is 0 Å². The lowest BCUT2D eigenvalue weighted by Gasteiger charge is -2.27. The molecular formula is C8H13ClO. The maximum Gasteiger partial charge on any atom is 0.0611 e. The maximum absolute atomic E-state index is 9.56. The molecule has 4 unspecified atom stereocenters. The highest BCUT2D eigenvalue weighted by Gasteiger charge is 2.55. The summed E-state index contributed by atoms with van der Waals surface area (Å²) in [5.41, 5.74) is 0.0478. The molecular weight excluding hydrogens is 148 g/mol. The Morgan fingerprint density at radius 2 is 2.30 bits per heavy atom. The quantitative estimate of drug-likeness (QED) is 0.536. The summed E-state index contributed by atoms with van der Waals surface area (Å²) in [5.74, 6) is 0.599. The van der Waals surface area contributed by atoms with Crippen LogP contribution in [-0.4, -0.2) is 16.6 Å². The molecule has 2 rings (SSSR count). The molecule has 0 aromatic heterocycles. The van der Waals surface area contributed by atoms with Gasteiger partial charge in [-0.2, -0.15) is 0 Å². The molecule has 0 heterocycles.